The average Bonchev–Trinajstić information content (AvgIpc) is 2.32. The van der Waals surface area contributed by atoms with E-state index >= 15 is 0 Å². The van der Waals surface area contributed by atoms with E-state index in [1.165, 1.54) is 5.56 Å². The molecule has 0 bridgehead atoms. The maximum Gasteiger partial charge on any atom is 0.333 e. The van der Waals surface area contributed by atoms with E-state index in [0.29, 0.717) is 12.2 Å². The highest BCUT2D eigenvalue weighted by molar-refractivity contribution is 5.92. The van der Waals surface area contributed by atoms with Gasteiger partial charge in [0.05, 0.1) is 6.61 Å². The lowest BCUT2D eigenvalue weighted by Gasteiger charge is -2.02. The predicted octanol–water partition coefficient (Wildman–Crippen LogP) is 3.61. The summed E-state index contributed by atoms with van der Waals surface area (Å²) in [5.41, 5.74) is 3.00. The largest absolute Gasteiger partial charge is 0.463 e. The summed E-state index contributed by atoms with van der Waals surface area (Å²) < 4.78 is 4.93. The first-order valence-electron chi connectivity index (χ1n) is 6.11. The van der Waals surface area contributed by atoms with Gasteiger partial charge in [0, 0.05) is 5.57 Å². The standard InChI is InChI=1S/C15H20O2/c1-4-6-13-7-9-14(10-8-13)11-12(3)15(16)17-5-2/h7-11H,4-6H2,1-3H3. The number of benzene rings is 1. The van der Waals surface area contributed by atoms with E-state index in [0.717, 1.165) is 18.4 Å². The van der Waals surface area contributed by atoms with Crippen LogP contribution in [0.15, 0.2) is 29.8 Å². The summed E-state index contributed by atoms with van der Waals surface area (Å²) in [6.07, 6.45) is 4.10. The maximum absolute atomic E-state index is 11.4. The van der Waals surface area contributed by atoms with Gasteiger partial charge in [0.1, 0.15) is 0 Å². The van der Waals surface area contributed by atoms with Crippen molar-refractivity contribution in [3.05, 3.63) is 41.0 Å². The summed E-state index contributed by atoms with van der Waals surface area (Å²) >= 11 is 0. The molecule has 0 aliphatic carbocycles. The smallest absolute Gasteiger partial charge is 0.333 e. The van der Waals surface area contributed by atoms with Crippen molar-refractivity contribution in [1.29, 1.82) is 0 Å². The Morgan fingerprint density at radius 2 is 1.88 bits per heavy atom. The maximum atomic E-state index is 11.4. The van der Waals surface area contributed by atoms with E-state index in [-0.39, 0.29) is 5.97 Å². The summed E-state index contributed by atoms with van der Waals surface area (Å²) in [7, 11) is 0. The van der Waals surface area contributed by atoms with Crippen LogP contribution in [0.4, 0.5) is 0 Å². The van der Waals surface area contributed by atoms with Gasteiger partial charge >= 0.3 is 5.97 Å². The van der Waals surface area contributed by atoms with Crippen molar-refractivity contribution < 1.29 is 9.53 Å². The number of carbonyl (C=O) groups is 1. The van der Waals surface area contributed by atoms with Gasteiger partial charge in [-0.05, 0) is 37.5 Å². The van der Waals surface area contributed by atoms with E-state index in [2.05, 4.69) is 19.1 Å². The average molecular weight is 232 g/mol. The molecule has 0 atom stereocenters. The first-order chi connectivity index (χ1) is 8.17. The molecule has 0 amide bonds. The molecule has 1 rings (SSSR count). The normalized spacial score (nSPS) is 11.4. The Morgan fingerprint density at radius 1 is 1.24 bits per heavy atom. The minimum atomic E-state index is -0.245. The fourth-order valence-electron chi connectivity index (χ4n) is 1.62. The lowest BCUT2D eigenvalue weighted by molar-refractivity contribution is -0.138. The van der Waals surface area contributed by atoms with Crippen molar-refractivity contribution >= 4 is 12.0 Å². The fraction of sp³-hybridized carbons (Fsp3) is 0.400. The van der Waals surface area contributed by atoms with E-state index < -0.39 is 0 Å². The highest BCUT2D eigenvalue weighted by atomic mass is 16.5. The molecule has 0 heterocycles. The van der Waals surface area contributed by atoms with Gasteiger partial charge in [-0.25, -0.2) is 4.79 Å². The Hall–Kier alpha value is -1.57. The molecule has 0 fully saturated rings. The molecule has 0 aliphatic heterocycles. The molecule has 17 heavy (non-hydrogen) atoms. The number of rotatable bonds is 5. The number of aryl methyl sites for hydroxylation is 1. The second kappa shape index (κ2) is 6.89. The Morgan fingerprint density at radius 3 is 2.41 bits per heavy atom. The molecule has 0 aliphatic rings. The van der Waals surface area contributed by atoms with Crippen LogP contribution in [0.1, 0.15) is 38.3 Å². The van der Waals surface area contributed by atoms with E-state index in [1.807, 2.05) is 25.1 Å². The van der Waals surface area contributed by atoms with Crippen molar-refractivity contribution in [3.8, 4) is 0 Å². The number of hydrogen-bond acceptors (Lipinski definition) is 2. The fourth-order valence-corrected chi connectivity index (χ4v) is 1.62. The molecular weight excluding hydrogens is 212 g/mol. The molecule has 0 spiro atoms. The van der Waals surface area contributed by atoms with Gasteiger partial charge in [-0.3, -0.25) is 0 Å². The Kier molecular flexibility index (Phi) is 5.47. The Bertz CT molecular complexity index is 388. The number of hydrogen-bond donors (Lipinski definition) is 0. The van der Waals surface area contributed by atoms with Crippen LogP contribution in [0.2, 0.25) is 0 Å². The second-order valence-electron chi connectivity index (χ2n) is 4.04. The SMILES string of the molecule is CCCc1ccc(C=C(C)C(=O)OCC)cc1. The molecule has 0 saturated carbocycles. The van der Waals surface area contributed by atoms with Gasteiger partial charge in [0.2, 0.25) is 0 Å². The molecule has 0 N–H and O–H groups in total. The molecule has 2 nitrogen and oxygen atoms in total. The third kappa shape index (κ3) is 4.43. The molecule has 1 aromatic carbocycles. The van der Waals surface area contributed by atoms with Crippen LogP contribution < -0.4 is 0 Å². The highest BCUT2D eigenvalue weighted by Gasteiger charge is 2.03. The minimum absolute atomic E-state index is 0.245. The van der Waals surface area contributed by atoms with Gasteiger partial charge in [0.25, 0.3) is 0 Å². The zero-order chi connectivity index (χ0) is 12.7. The van der Waals surface area contributed by atoms with Crippen molar-refractivity contribution in [3.63, 3.8) is 0 Å². The van der Waals surface area contributed by atoms with Gasteiger partial charge < -0.3 is 4.74 Å². The summed E-state index contributed by atoms with van der Waals surface area (Å²) in [5.74, 6) is -0.245. The molecule has 0 unspecified atom stereocenters. The summed E-state index contributed by atoms with van der Waals surface area (Å²) in [6.45, 7) is 6.17. The Balaban J connectivity index is 2.73. The summed E-state index contributed by atoms with van der Waals surface area (Å²) in [5, 5.41) is 0. The molecule has 1 aromatic rings. The van der Waals surface area contributed by atoms with Crippen molar-refractivity contribution in [2.75, 3.05) is 6.61 Å². The highest BCUT2D eigenvalue weighted by Crippen LogP contribution is 2.11. The van der Waals surface area contributed by atoms with Gasteiger partial charge in [-0.2, -0.15) is 0 Å². The molecule has 0 radical (unpaired) electrons. The molecule has 2 heteroatoms. The minimum Gasteiger partial charge on any atom is -0.463 e. The van der Waals surface area contributed by atoms with E-state index in [4.69, 9.17) is 4.74 Å². The third-order valence-electron chi connectivity index (χ3n) is 2.50. The first-order valence-corrected chi connectivity index (χ1v) is 6.11. The van der Waals surface area contributed by atoms with Crippen LogP contribution >= 0.6 is 0 Å². The van der Waals surface area contributed by atoms with Crippen molar-refractivity contribution in [1.82, 2.24) is 0 Å². The van der Waals surface area contributed by atoms with Crippen LogP contribution in [0, 0.1) is 0 Å². The summed E-state index contributed by atoms with van der Waals surface area (Å²) in [4.78, 5) is 11.4. The van der Waals surface area contributed by atoms with Crippen molar-refractivity contribution in [2.45, 2.75) is 33.6 Å². The van der Waals surface area contributed by atoms with Crippen molar-refractivity contribution in [2.24, 2.45) is 0 Å². The van der Waals surface area contributed by atoms with Crippen LogP contribution in [0.25, 0.3) is 6.08 Å². The van der Waals surface area contributed by atoms with Crippen LogP contribution in [-0.4, -0.2) is 12.6 Å². The number of ether oxygens (including phenoxy) is 1. The molecule has 0 aromatic heterocycles. The van der Waals surface area contributed by atoms with Gasteiger partial charge in [-0.1, -0.05) is 37.6 Å². The van der Waals surface area contributed by atoms with Crippen LogP contribution in [0.5, 0.6) is 0 Å². The topological polar surface area (TPSA) is 26.3 Å². The lowest BCUT2D eigenvalue weighted by atomic mass is 10.1. The molecule has 92 valence electrons. The second-order valence-corrected chi connectivity index (χ2v) is 4.04. The monoisotopic (exact) mass is 232 g/mol. The third-order valence-corrected chi connectivity index (χ3v) is 2.50. The van der Waals surface area contributed by atoms with Crippen LogP contribution in [0.3, 0.4) is 0 Å². The Labute approximate surface area is 103 Å². The quantitative estimate of drug-likeness (QED) is 0.572. The molecule has 0 saturated heterocycles. The number of esters is 1. The summed E-state index contributed by atoms with van der Waals surface area (Å²) in [6, 6.07) is 8.28. The van der Waals surface area contributed by atoms with E-state index in [9.17, 15) is 4.79 Å². The lowest BCUT2D eigenvalue weighted by Crippen LogP contribution is -2.04. The predicted molar refractivity (Wildman–Crippen MR) is 70.7 cm³/mol. The van der Waals surface area contributed by atoms with Crippen LogP contribution in [-0.2, 0) is 16.0 Å². The number of carbonyl (C=O) groups excluding carboxylic acids is 1. The van der Waals surface area contributed by atoms with Gasteiger partial charge in [-0.15, -0.1) is 0 Å². The molecular formula is C15H20O2. The van der Waals surface area contributed by atoms with E-state index in [1.54, 1.807) is 6.92 Å². The zero-order valence-electron chi connectivity index (χ0n) is 10.8. The van der Waals surface area contributed by atoms with Gasteiger partial charge in [0.15, 0.2) is 0 Å². The first kappa shape index (κ1) is 13.5. The zero-order valence-corrected chi connectivity index (χ0v) is 10.8.